The molecule has 0 spiro atoms. The number of nitrogens with zero attached hydrogens (tertiary/aromatic N) is 11. The minimum atomic E-state index is -4.96. The lowest BCUT2D eigenvalue weighted by molar-refractivity contribution is -0.138. The summed E-state index contributed by atoms with van der Waals surface area (Å²) in [7, 11) is -18.4. The van der Waals surface area contributed by atoms with Gasteiger partial charge in [-0.2, -0.15) is 62.7 Å². The Morgan fingerprint density at radius 2 is 0.789 bits per heavy atom. The van der Waals surface area contributed by atoms with Crippen LogP contribution in [0.25, 0.3) is 44.5 Å². The summed E-state index contributed by atoms with van der Waals surface area (Å²) in [6.07, 6.45) is -4.29. The van der Waals surface area contributed by atoms with Gasteiger partial charge in [0.15, 0.2) is 11.6 Å². The molecule has 10 aromatic heterocycles. The number of H-pyrrole nitrogens is 3. The molecular formula is C88H61Cl5F12N18O15S4. The Hall–Kier alpha value is -14.7. The summed E-state index contributed by atoms with van der Waals surface area (Å²) >= 11 is 28.7. The number of aryl methyl sites for hydroxylation is 2. The number of fused-ring (bicyclic) bond motifs is 4. The van der Waals surface area contributed by atoms with Crippen molar-refractivity contribution in [2.24, 2.45) is 0 Å². The molecule has 0 saturated carbocycles. The Bertz CT molecular complexity index is 8230. The minimum absolute atomic E-state index is 0.0169. The van der Waals surface area contributed by atoms with E-state index in [4.69, 9.17) is 72.7 Å². The molecule has 54 heteroatoms. The number of nitriles is 1. The van der Waals surface area contributed by atoms with Gasteiger partial charge in [-0.1, -0.05) is 58.0 Å². The number of alkyl halides is 12. The first-order valence-electron chi connectivity index (χ1n) is 39.9. The van der Waals surface area contributed by atoms with Gasteiger partial charge in [-0.25, -0.2) is 68.6 Å². The maximum Gasteiger partial charge on any atom is 0.417 e. The maximum atomic E-state index is 13.8. The zero-order chi connectivity index (χ0) is 104. The smallest absolute Gasteiger partial charge is 0.417 e. The lowest BCUT2D eigenvalue weighted by Gasteiger charge is -2.19. The van der Waals surface area contributed by atoms with Crippen LogP contribution >= 0.6 is 58.0 Å². The van der Waals surface area contributed by atoms with Gasteiger partial charge in [-0.05, 0) is 180 Å². The highest BCUT2D eigenvalue weighted by Gasteiger charge is 2.41. The van der Waals surface area contributed by atoms with E-state index < -0.39 is 157 Å². The molecular weight excluding hydrogens is 2080 g/mol. The Kier molecular flexibility index (Phi) is 30.1. The number of pyridine rings is 7. The van der Waals surface area contributed by atoms with Crippen molar-refractivity contribution in [1.29, 1.82) is 5.26 Å². The van der Waals surface area contributed by atoms with Crippen LogP contribution in [0.1, 0.15) is 131 Å². The molecule has 0 radical (unpaired) electrons. The molecule has 33 nitrogen and oxygen atoms in total. The van der Waals surface area contributed by atoms with E-state index in [1.54, 1.807) is 72.1 Å². The Morgan fingerprint density at radius 1 is 0.408 bits per heavy atom. The number of hydrogen-bond acceptors (Lipinski definition) is 25. The van der Waals surface area contributed by atoms with Crippen molar-refractivity contribution in [2.45, 2.75) is 98.0 Å². The first-order valence-corrected chi connectivity index (χ1v) is 47.7. The fourth-order valence-electron chi connectivity index (χ4n) is 13.5. The van der Waals surface area contributed by atoms with E-state index in [0.717, 1.165) is 85.6 Å². The highest BCUT2D eigenvalue weighted by molar-refractivity contribution is 7.93. The number of aromatic amines is 3. The molecule has 0 fully saturated rings. The monoisotopic (exact) mass is 2140 g/mol. The summed E-state index contributed by atoms with van der Waals surface area (Å²) in [6.45, 7) is 10.1. The number of ether oxygens (including phenoxy) is 2. The van der Waals surface area contributed by atoms with Crippen molar-refractivity contribution in [3.8, 4) is 29.0 Å². The van der Waals surface area contributed by atoms with E-state index in [2.05, 4.69) is 78.7 Å². The molecule has 8 N–H and O–H groups in total. The van der Waals surface area contributed by atoms with Crippen molar-refractivity contribution in [2.75, 3.05) is 18.9 Å². The molecule has 14 aromatic rings. The number of rotatable bonds is 24. The molecule has 736 valence electrons. The van der Waals surface area contributed by atoms with Gasteiger partial charge in [0, 0.05) is 83.1 Å². The molecule has 4 aromatic carbocycles. The van der Waals surface area contributed by atoms with Crippen LogP contribution in [0.2, 0.25) is 25.1 Å². The third-order valence-electron chi connectivity index (χ3n) is 19.6. The molecule has 0 unspecified atom stereocenters. The minimum Gasteiger partial charge on any atom is -0.489 e. The van der Waals surface area contributed by atoms with E-state index in [1.165, 1.54) is 67.5 Å². The van der Waals surface area contributed by atoms with Crippen molar-refractivity contribution < 1.29 is 120 Å². The first kappa shape index (κ1) is 105. The Morgan fingerprint density at radius 3 is 1.24 bits per heavy atom. The predicted octanol–water partition coefficient (Wildman–Crippen LogP) is 20.4. The van der Waals surface area contributed by atoms with E-state index in [9.17, 15) is 111 Å². The van der Waals surface area contributed by atoms with Gasteiger partial charge in [0.2, 0.25) is 23.1 Å². The van der Waals surface area contributed by atoms with Crippen LogP contribution in [0, 0.1) is 25.2 Å². The number of carbonyl (C=O) groups excluding carboxylic acids is 4. The number of sulfonamides is 4. The molecule has 0 atom stereocenters. The van der Waals surface area contributed by atoms with Gasteiger partial charge >= 0.3 is 24.7 Å². The number of carbonyl (C=O) groups is 4. The third-order valence-corrected chi connectivity index (χ3v) is 26.5. The van der Waals surface area contributed by atoms with Gasteiger partial charge in [-0.3, -0.25) is 48.0 Å². The molecule has 12 heterocycles. The number of nitrogens with one attached hydrogen (secondary N) is 7. The summed E-state index contributed by atoms with van der Waals surface area (Å²) < 4.78 is 284. The van der Waals surface area contributed by atoms with E-state index in [-0.39, 0.29) is 107 Å². The van der Waals surface area contributed by atoms with Crippen LogP contribution in [-0.2, 0) is 64.8 Å². The topological polar surface area (TPSA) is 484 Å². The number of hydrogen-bond donors (Lipinski definition) is 8. The standard InChI is InChI=1S/C24H20ClF3N4O5S.C24H20ClF3N4O4S.C21H11ClF3N5O3S.C19H10Cl2F3N5O3S/c1-12(2)37-19-11-32(34)23-15(6-7-29-23)20(19)22(33)21-18(8-13(3)10-30-21)31-38(35,36)14-4-5-17(25)16(9-14)24(26,27)28;1-12(2)36-19-11-31-23-15(6-7-29-23)20(19)22(33)21-18(8-13(3)10-30-21)32-37(34,35)14-4-5-17(25)16(9-14)24(26,27)28;22-12-7-17(18(29-10-12)19(31)14-3-5-27-20-15(14)4-6-28-20)30-34(32,33)13-2-1-11(9-26)16(8-13)21(23,24)25;20-9-5-14(29-33(31,32)10-1-2-13(21)12(6-10)19(22,23)24)16(26-7-9)17(30)15-11-3-4-25-18(11)28-8-27-15/h4-12,31,34H,1-3H3;4-12,32H,1-3H3,(H,29,31);1-8,10,30H,(H,27,28);1-8,29H,(H,25,27,28). The number of halogens is 17. The Labute approximate surface area is 818 Å². The largest absolute Gasteiger partial charge is 0.489 e. The molecule has 0 aliphatic carbocycles. The van der Waals surface area contributed by atoms with Gasteiger partial charge in [0.05, 0.1) is 137 Å². The first-order chi connectivity index (χ1) is 66.4. The number of benzene rings is 4. The quantitative estimate of drug-likeness (QED) is 0.0158. The van der Waals surface area contributed by atoms with Crippen molar-refractivity contribution >= 4 is 177 Å². The lowest BCUT2D eigenvalue weighted by Crippen LogP contribution is -2.20. The third kappa shape index (κ3) is 23.3. The van der Waals surface area contributed by atoms with Crippen LogP contribution in [-0.4, -0.2) is 139 Å². The Balaban J connectivity index is 0.000000159. The SMILES string of the molecule is Cc1cnc(C(=O)c2c(OC(C)C)cn(O)c3nccc2-3)c(NS(=O)(=O)c2ccc(Cl)c(C(F)(F)F)c2)c1.Cc1cnc(C(=O)c2c(OC(C)C)cnc3[nH]ccc23)c(NS(=O)(=O)c2ccc(Cl)c(C(F)(F)F)c2)c1.N#Cc1ccc(S(=O)(=O)Nc2cc(Cl)cnc2C(=O)c2ccnc3[nH]ccc23)cc1C(F)(F)F.O=C(c1ncc(Cl)cc1NS(=O)(=O)c1ccc(Cl)c(C(F)(F)F)c1)c1ncnc2[nH]ccc12. The van der Waals surface area contributed by atoms with E-state index in [1.807, 2.05) is 0 Å². The molecule has 0 amide bonds. The number of anilines is 4. The van der Waals surface area contributed by atoms with Crippen molar-refractivity contribution in [1.82, 2.24) is 64.5 Å². The second kappa shape index (κ2) is 40.9. The van der Waals surface area contributed by atoms with Crippen LogP contribution in [0.5, 0.6) is 11.5 Å². The van der Waals surface area contributed by atoms with E-state index >= 15 is 0 Å². The second-order valence-corrected chi connectivity index (χ2v) is 39.2. The fraction of sp³-hybridized carbons (Fsp3) is 0.136. The lowest BCUT2D eigenvalue weighted by atomic mass is 10.00. The zero-order valence-corrected chi connectivity index (χ0v) is 79.4. The van der Waals surface area contributed by atoms with Gasteiger partial charge < -0.3 is 29.6 Å². The van der Waals surface area contributed by atoms with Gasteiger partial charge in [-0.15, -0.1) is 0 Å². The number of ketones is 4. The molecule has 2 aliphatic heterocycles. The molecule has 142 heavy (non-hydrogen) atoms. The maximum absolute atomic E-state index is 13.8. The summed E-state index contributed by atoms with van der Waals surface area (Å²) in [5, 5.41) is 18.4. The summed E-state index contributed by atoms with van der Waals surface area (Å²) in [4.78, 5) is 95.9. The van der Waals surface area contributed by atoms with Crippen LogP contribution < -0.4 is 28.4 Å². The molecule has 2 aliphatic rings. The highest BCUT2D eigenvalue weighted by atomic mass is 35.5. The number of aromatic nitrogens is 13. The van der Waals surface area contributed by atoms with Gasteiger partial charge in [0.25, 0.3) is 40.1 Å². The average Bonchev–Trinajstić information content (AvgIpc) is 1.46. The zero-order valence-electron chi connectivity index (χ0n) is 72.3. The fourth-order valence-corrected chi connectivity index (χ4v) is 18.8. The molecule has 0 bridgehead atoms. The van der Waals surface area contributed by atoms with Crippen LogP contribution in [0.3, 0.4) is 0 Å². The summed E-state index contributed by atoms with van der Waals surface area (Å²) in [6, 6.07) is 22.3. The normalized spacial score (nSPS) is 12.1. The van der Waals surface area contributed by atoms with Crippen LogP contribution in [0.15, 0.2) is 221 Å². The molecule has 0 saturated heterocycles. The van der Waals surface area contributed by atoms with E-state index in [0.29, 0.717) is 73.2 Å². The van der Waals surface area contributed by atoms with Gasteiger partial charge in [0.1, 0.15) is 57.5 Å². The summed E-state index contributed by atoms with van der Waals surface area (Å²) in [5.74, 6) is -2.69. The average molecular weight is 2140 g/mol. The van der Waals surface area contributed by atoms with Crippen molar-refractivity contribution in [3.63, 3.8) is 0 Å². The van der Waals surface area contributed by atoms with Crippen LogP contribution in [0.4, 0.5) is 75.4 Å². The van der Waals surface area contributed by atoms with Crippen molar-refractivity contribution in [3.05, 3.63) is 311 Å². The predicted molar refractivity (Wildman–Crippen MR) is 493 cm³/mol. The highest BCUT2D eigenvalue weighted by Crippen LogP contribution is 2.44. The summed E-state index contributed by atoms with van der Waals surface area (Å²) in [5.41, 5.74) is -6.11. The molecule has 16 rings (SSSR count). The second-order valence-electron chi connectivity index (χ2n) is 30.4.